The van der Waals surface area contributed by atoms with Crippen LogP contribution in [-0.4, -0.2) is 57.0 Å². The lowest BCUT2D eigenvalue weighted by Crippen LogP contribution is -2.48. The monoisotopic (exact) mass is 502 g/mol. The average Bonchev–Trinajstić information content (AvgIpc) is 3.52. The number of aromatic nitrogens is 2. The fraction of sp³-hybridized carbons (Fsp3) is 0.600. The molecule has 9 heteroatoms. The summed E-state index contributed by atoms with van der Waals surface area (Å²) < 4.78 is 0. The van der Waals surface area contributed by atoms with E-state index in [1.807, 2.05) is 26.3 Å². The summed E-state index contributed by atoms with van der Waals surface area (Å²) in [4.78, 5) is 39.4. The molecule has 0 radical (unpaired) electrons. The van der Waals surface area contributed by atoms with E-state index >= 15 is 0 Å². The molecule has 2 aromatic heterocycles. The molecule has 1 saturated heterocycles. The molecule has 2 unspecified atom stereocenters. The van der Waals surface area contributed by atoms with E-state index in [9.17, 15) is 14.7 Å². The van der Waals surface area contributed by atoms with Crippen LogP contribution in [0.3, 0.4) is 0 Å². The van der Waals surface area contributed by atoms with Gasteiger partial charge in [-0.2, -0.15) is 0 Å². The van der Waals surface area contributed by atoms with Crippen molar-refractivity contribution in [3.63, 3.8) is 0 Å². The van der Waals surface area contributed by atoms with Crippen LogP contribution < -0.4 is 5.32 Å². The molecular weight excluding hydrogens is 468 g/mol. The lowest BCUT2D eigenvalue weighted by molar-refractivity contribution is -0.140. The van der Waals surface area contributed by atoms with Crippen LogP contribution >= 0.6 is 22.7 Å². The first-order valence-corrected chi connectivity index (χ1v) is 13.7. The molecule has 2 N–H and O–H groups in total. The van der Waals surface area contributed by atoms with Gasteiger partial charge < -0.3 is 15.3 Å². The van der Waals surface area contributed by atoms with Crippen molar-refractivity contribution in [3.8, 4) is 0 Å². The molecule has 4 rings (SSSR count). The van der Waals surface area contributed by atoms with Gasteiger partial charge in [0, 0.05) is 41.4 Å². The Labute approximate surface area is 209 Å². The number of likely N-dealkylation sites (tertiary alicyclic amines) is 1. The minimum atomic E-state index is -0.691. The highest BCUT2D eigenvalue weighted by atomic mass is 32.1. The van der Waals surface area contributed by atoms with Crippen molar-refractivity contribution in [2.75, 3.05) is 13.1 Å². The number of hydrogen-bond acceptors (Lipinski definition) is 7. The van der Waals surface area contributed by atoms with Crippen LogP contribution in [0.4, 0.5) is 0 Å². The van der Waals surface area contributed by atoms with Gasteiger partial charge in [0.15, 0.2) is 0 Å². The standard InChI is InChI=1S/C25H34N4O3S2/c1-14(2)21(24-27-10-15(3)34-24)25(32)29-12-19(30)9-20(29)23(31)26-11-17-5-7-18(8-6-17)22-16(4)28-13-33-22/h5,7,10,13-14,17-21,30H,6,8-9,11-12H2,1-4H3,(H,26,31)/t17?,18?,19-,20+,21-/m1/s1. The first-order valence-electron chi connectivity index (χ1n) is 12.0. The van der Waals surface area contributed by atoms with E-state index in [0.717, 1.165) is 28.4 Å². The van der Waals surface area contributed by atoms with Crippen molar-refractivity contribution in [2.45, 2.75) is 70.9 Å². The number of β-amino-alcohol motifs (C(OH)–C–C–N with tert-alkyl or cyclic N) is 1. The number of carbonyl (C=O) groups is 2. The highest BCUT2D eigenvalue weighted by molar-refractivity contribution is 7.11. The number of hydrogen-bond donors (Lipinski definition) is 2. The molecule has 2 amide bonds. The van der Waals surface area contributed by atoms with Gasteiger partial charge in [-0.1, -0.05) is 26.0 Å². The van der Waals surface area contributed by atoms with Crippen molar-refractivity contribution in [1.82, 2.24) is 20.2 Å². The molecule has 0 aromatic carbocycles. The van der Waals surface area contributed by atoms with Crippen LogP contribution in [-0.2, 0) is 9.59 Å². The maximum Gasteiger partial charge on any atom is 0.242 e. The zero-order chi connectivity index (χ0) is 24.4. The molecular formula is C25H34N4O3S2. The summed E-state index contributed by atoms with van der Waals surface area (Å²) in [5.74, 6) is -0.00160. The summed E-state index contributed by atoms with van der Waals surface area (Å²) in [5, 5.41) is 14.1. The first kappa shape index (κ1) is 25.0. The summed E-state index contributed by atoms with van der Waals surface area (Å²) in [7, 11) is 0. The summed E-state index contributed by atoms with van der Waals surface area (Å²) >= 11 is 3.22. The minimum Gasteiger partial charge on any atom is -0.391 e. The van der Waals surface area contributed by atoms with Gasteiger partial charge in [-0.15, -0.1) is 22.7 Å². The maximum atomic E-state index is 13.5. The second-order valence-corrected chi connectivity index (χ2v) is 12.0. The lowest BCUT2D eigenvalue weighted by Gasteiger charge is -2.29. The number of nitrogens with one attached hydrogen (secondary N) is 1. The second kappa shape index (κ2) is 10.7. The number of nitrogens with zero attached hydrogens (tertiary/aromatic N) is 3. The van der Waals surface area contributed by atoms with Crippen molar-refractivity contribution in [1.29, 1.82) is 0 Å². The number of carbonyl (C=O) groups excluding carboxylic acids is 2. The molecule has 7 nitrogen and oxygen atoms in total. The molecule has 0 saturated carbocycles. The Morgan fingerprint density at radius 3 is 2.62 bits per heavy atom. The molecule has 2 aliphatic rings. The zero-order valence-corrected chi connectivity index (χ0v) is 21.9. The van der Waals surface area contributed by atoms with Crippen molar-refractivity contribution >= 4 is 34.5 Å². The second-order valence-electron chi connectivity index (χ2n) is 9.80. The third-order valence-corrected chi connectivity index (χ3v) is 8.88. The van der Waals surface area contributed by atoms with Crippen LogP contribution in [0.5, 0.6) is 0 Å². The molecule has 0 bridgehead atoms. The van der Waals surface area contributed by atoms with Crippen LogP contribution in [0.1, 0.15) is 65.4 Å². The molecule has 0 spiro atoms. The van der Waals surface area contributed by atoms with E-state index in [1.54, 1.807) is 22.4 Å². The number of aliphatic hydroxyl groups is 1. The highest BCUT2D eigenvalue weighted by Crippen LogP contribution is 2.35. The predicted octanol–water partition coefficient (Wildman–Crippen LogP) is 3.78. The van der Waals surface area contributed by atoms with E-state index in [-0.39, 0.29) is 36.6 Å². The Kier molecular flexibility index (Phi) is 7.84. The Balaban J connectivity index is 1.38. The molecule has 2 aromatic rings. The van der Waals surface area contributed by atoms with Gasteiger partial charge in [0.25, 0.3) is 0 Å². The van der Waals surface area contributed by atoms with Gasteiger partial charge >= 0.3 is 0 Å². The van der Waals surface area contributed by atoms with Crippen LogP contribution in [0.15, 0.2) is 23.9 Å². The number of amides is 2. The normalized spacial score (nSPS) is 25.6. The zero-order valence-electron chi connectivity index (χ0n) is 20.2. The molecule has 1 aliphatic carbocycles. The maximum absolute atomic E-state index is 13.5. The van der Waals surface area contributed by atoms with Gasteiger partial charge in [0.1, 0.15) is 11.0 Å². The Morgan fingerprint density at radius 1 is 1.24 bits per heavy atom. The topological polar surface area (TPSA) is 95.4 Å². The quantitative estimate of drug-likeness (QED) is 0.562. The fourth-order valence-corrected chi connectivity index (χ4v) is 6.92. The summed E-state index contributed by atoms with van der Waals surface area (Å²) in [5.41, 5.74) is 3.00. The van der Waals surface area contributed by atoms with Crippen molar-refractivity contribution in [2.24, 2.45) is 11.8 Å². The van der Waals surface area contributed by atoms with Crippen LogP contribution in [0, 0.1) is 25.7 Å². The highest BCUT2D eigenvalue weighted by Gasteiger charge is 2.42. The summed E-state index contributed by atoms with van der Waals surface area (Å²) in [6.07, 6.45) is 7.82. The number of aryl methyl sites for hydroxylation is 2. The van der Waals surface area contributed by atoms with Crippen molar-refractivity contribution in [3.05, 3.63) is 44.3 Å². The van der Waals surface area contributed by atoms with Crippen LogP contribution in [0.2, 0.25) is 0 Å². The predicted molar refractivity (Wildman–Crippen MR) is 135 cm³/mol. The molecule has 1 aliphatic heterocycles. The third-order valence-electron chi connectivity index (χ3n) is 6.82. The molecule has 34 heavy (non-hydrogen) atoms. The average molecular weight is 503 g/mol. The van der Waals surface area contributed by atoms with Crippen molar-refractivity contribution < 1.29 is 14.7 Å². The van der Waals surface area contributed by atoms with E-state index < -0.39 is 18.1 Å². The lowest BCUT2D eigenvalue weighted by atomic mass is 9.87. The number of rotatable bonds is 7. The number of thiazole rings is 2. The summed E-state index contributed by atoms with van der Waals surface area (Å²) in [6.45, 7) is 8.74. The van der Waals surface area contributed by atoms with Gasteiger partial charge in [-0.25, -0.2) is 9.97 Å². The Bertz CT molecular complexity index is 1050. The summed E-state index contributed by atoms with van der Waals surface area (Å²) in [6, 6.07) is -0.648. The third kappa shape index (κ3) is 5.42. The molecule has 1 fully saturated rings. The smallest absolute Gasteiger partial charge is 0.242 e. The Morgan fingerprint density at radius 2 is 2.03 bits per heavy atom. The number of allylic oxidation sites excluding steroid dienone is 1. The Hall–Kier alpha value is -2.10. The number of aliphatic hydroxyl groups excluding tert-OH is 1. The van der Waals surface area contributed by atoms with Crippen LogP contribution in [0.25, 0.3) is 0 Å². The fourth-order valence-electron chi connectivity index (χ4n) is 4.96. The minimum absolute atomic E-state index is 0.0435. The molecule has 5 atom stereocenters. The van der Waals surface area contributed by atoms with Gasteiger partial charge in [0.2, 0.25) is 11.8 Å². The van der Waals surface area contributed by atoms with E-state index in [2.05, 4.69) is 34.4 Å². The van der Waals surface area contributed by atoms with Gasteiger partial charge in [-0.05, 0) is 38.5 Å². The SMILES string of the molecule is Cc1cnc([C@H](C(=O)N2C[C@H](O)C[C@H]2C(=O)NCC2C=CC(c3scnc3C)CC2)C(C)C)s1. The van der Waals surface area contributed by atoms with Gasteiger partial charge in [-0.3, -0.25) is 9.59 Å². The molecule has 184 valence electrons. The first-order chi connectivity index (χ1) is 16.2. The van der Waals surface area contributed by atoms with E-state index in [4.69, 9.17) is 0 Å². The van der Waals surface area contributed by atoms with E-state index in [0.29, 0.717) is 12.5 Å². The molecule has 3 heterocycles. The largest absolute Gasteiger partial charge is 0.391 e. The van der Waals surface area contributed by atoms with E-state index in [1.165, 1.54) is 16.2 Å². The van der Waals surface area contributed by atoms with Gasteiger partial charge in [0.05, 0.1) is 23.2 Å².